The molecule has 0 spiro atoms. The Morgan fingerprint density at radius 2 is 2.00 bits per heavy atom. The molecule has 0 aromatic heterocycles. The highest BCUT2D eigenvalue weighted by Crippen LogP contribution is 2.30. The van der Waals surface area contributed by atoms with E-state index in [1.54, 1.807) is 25.3 Å². The van der Waals surface area contributed by atoms with E-state index in [9.17, 15) is 4.79 Å². The smallest absolute Gasteiger partial charge is 0.231 e. The number of ketones is 1. The summed E-state index contributed by atoms with van der Waals surface area (Å²) in [6.07, 6.45) is 11.7. The Kier molecular flexibility index (Phi) is 5.23. The standard InChI is InChI=1S/C20H20O5/c1-22-17-9-8-15(11-18(17)23-2)20(21)19-13-24-12-16(25-19)10-14-6-4-3-5-7-14/h3-4,6,8-9,11-13H,5,7,10H2,1-2H3. The van der Waals surface area contributed by atoms with Crippen molar-refractivity contribution in [1.29, 1.82) is 0 Å². The first kappa shape index (κ1) is 16.9. The predicted molar refractivity (Wildman–Crippen MR) is 93.3 cm³/mol. The number of carbonyl (C=O) groups is 1. The molecule has 5 nitrogen and oxygen atoms in total. The lowest BCUT2D eigenvalue weighted by molar-refractivity contribution is 0.0926. The van der Waals surface area contributed by atoms with E-state index < -0.39 is 0 Å². The molecular formula is C20H20O5. The van der Waals surface area contributed by atoms with E-state index in [0.29, 0.717) is 29.2 Å². The molecule has 0 fully saturated rings. The van der Waals surface area contributed by atoms with Crippen LogP contribution < -0.4 is 9.47 Å². The number of ether oxygens (including phenoxy) is 4. The third-order valence-electron chi connectivity index (χ3n) is 3.99. The van der Waals surface area contributed by atoms with Gasteiger partial charge in [0.25, 0.3) is 0 Å². The van der Waals surface area contributed by atoms with Crippen LogP contribution in [-0.4, -0.2) is 20.0 Å². The molecule has 1 heterocycles. The summed E-state index contributed by atoms with van der Waals surface area (Å²) in [6, 6.07) is 4.98. The van der Waals surface area contributed by atoms with Gasteiger partial charge in [0.2, 0.25) is 11.5 Å². The largest absolute Gasteiger partial charge is 0.493 e. The zero-order valence-corrected chi connectivity index (χ0v) is 14.3. The van der Waals surface area contributed by atoms with Gasteiger partial charge < -0.3 is 18.9 Å². The van der Waals surface area contributed by atoms with Gasteiger partial charge in [-0.1, -0.05) is 23.8 Å². The molecule has 0 amide bonds. The average molecular weight is 340 g/mol. The first-order chi connectivity index (χ1) is 12.2. The number of rotatable bonds is 6. The molecule has 0 radical (unpaired) electrons. The lowest BCUT2D eigenvalue weighted by atomic mass is 10.0. The van der Waals surface area contributed by atoms with Crippen LogP contribution in [-0.2, 0) is 9.47 Å². The average Bonchev–Trinajstić information content (AvgIpc) is 2.68. The van der Waals surface area contributed by atoms with Crippen molar-refractivity contribution in [2.45, 2.75) is 19.3 Å². The molecular weight excluding hydrogens is 320 g/mol. The molecule has 5 heteroatoms. The number of hydrogen-bond donors (Lipinski definition) is 0. The Morgan fingerprint density at radius 3 is 2.72 bits per heavy atom. The normalized spacial score (nSPS) is 16.0. The van der Waals surface area contributed by atoms with Gasteiger partial charge in [-0.2, -0.15) is 0 Å². The summed E-state index contributed by atoms with van der Waals surface area (Å²) in [7, 11) is 3.07. The van der Waals surface area contributed by atoms with Crippen LogP contribution in [0.15, 0.2) is 66.0 Å². The summed E-state index contributed by atoms with van der Waals surface area (Å²) >= 11 is 0. The van der Waals surface area contributed by atoms with E-state index in [-0.39, 0.29) is 11.5 Å². The molecule has 0 saturated carbocycles. The minimum atomic E-state index is -0.274. The second kappa shape index (κ2) is 7.75. The van der Waals surface area contributed by atoms with E-state index in [1.807, 2.05) is 6.08 Å². The Hall–Kier alpha value is -2.95. The van der Waals surface area contributed by atoms with Crippen LogP contribution in [0.2, 0.25) is 0 Å². The Labute approximate surface area is 146 Å². The van der Waals surface area contributed by atoms with Crippen LogP contribution in [0.3, 0.4) is 0 Å². The first-order valence-corrected chi connectivity index (χ1v) is 8.05. The van der Waals surface area contributed by atoms with Crippen molar-refractivity contribution in [2.75, 3.05) is 14.2 Å². The summed E-state index contributed by atoms with van der Waals surface area (Å²) in [5, 5.41) is 0. The molecule has 3 rings (SSSR count). The van der Waals surface area contributed by atoms with E-state index in [4.69, 9.17) is 18.9 Å². The van der Waals surface area contributed by atoms with Crippen LogP contribution in [0.4, 0.5) is 0 Å². The van der Waals surface area contributed by atoms with Gasteiger partial charge in [0, 0.05) is 12.0 Å². The quantitative estimate of drug-likeness (QED) is 0.723. The number of allylic oxidation sites excluding steroid dienone is 5. The zero-order chi connectivity index (χ0) is 17.6. The zero-order valence-electron chi connectivity index (χ0n) is 14.3. The molecule has 25 heavy (non-hydrogen) atoms. The summed E-state index contributed by atoms with van der Waals surface area (Å²) < 4.78 is 21.5. The van der Waals surface area contributed by atoms with Crippen LogP contribution in [0.5, 0.6) is 11.5 Å². The number of Topliss-reactive ketones (excluding diaryl/α,β-unsaturated/α-hetero) is 1. The fourth-order valence-corrected chi connectivity index (χ4v) is 2.68. The molecule has 1 aliphatic carbocycles. The van der Waals surface area contributed by atoms with Gasteiger partial charge in [-0.3, -0.25) is 4.79 Å². The lowest BCUT2D eigenvalue weighted by Crippen LogP contribution is -2.11. The molecule has 1 aliphatic heterocycles. The highest BCUT2D eigenvalue weighted by molar-refractivity contribution is 6.07. The number of carbonyl (C=O) groups excluding carboxylic acids is 1. The topological polar surface area (TPSA) is 54.0 Å². The fourth-order valence-electron chi connectivity index (χ4n) is 2.68. The summed E-state index contributed by atoms with van der Waals surface area (Å²) in [6.45, 7) is 0. The molecule has 1 aromatic carbocycles. The summed E-state index contributed by atoms with van der Waals surface area (Å²) in [5.41, 5.74) is 1.69. The number of hydrogen-bond acceptors (Lipinski definition) is 5. The first-order valence-electron chi connectivity index (χ1n) is 8.05. The molecule has 0 atom stereocenters. The third kappa shape index (κ3) is 3.94. The maximum Gasteiger partial charge on any atom is 0.231 e. The van der Waals surface area contributed by atoms with Gasteiger partial charge in [0.1, 0.15) is 18.3 Å². The van der Waals surface area contributed by atoms with Crippen molar-refractivity contribution in [2.24, 2.45) is 0 Å². The van der Waals surface area contributed by atoms with E-state index >= 15 is 0 Å². The molecule has 2 aliphatic rings. The van der Waals surface area contributed by atoms with E-state index in [0.717, 1.165) is 12.8 Å². The van der Waals surface area contributed by atoms with Gasteiger partial charge in [-0.15, -0.1) is 0 Å². The van der Waals surface area contributed by atoms with Crippen molar-refractivity contribution in [1.82, 2.24) is 0 Å². The van der Waals surface area contributed by atoms with Crippen LogP contribution >= 0.6 is 0 Å². The van der Waals surface area contributed by atoms with Crippen molar-refractivity contribution in [3.8, 4) is 11.5 Å². The van der Waals surface area contributed by atoms with E-state index in [1.165, 1.54) is 25.2 Å². The second-order valence-corrected chi connectivity index (χ2v) is 5.67. The van der Waals surface area contributed by atoms with Crippen molar-refractivity contribution in [3.05, 3.63) is 71.6 Å². The lowest BCUT2D eigenvalue weighted by Gasteiger charge is -2.18. The van der Waals surface area contributed by atoms with Crippen LogP contribution in [0.1, 0.15) is 29.6 Å². The third-order valence-corrected chi connectivity index (χ3v) is 3.99. The molecule has 0 saturated heterocycles. The van der Waals surface area contributed by atoms with Crippen molar-refractivity contribution >= 4 is 5.78 Å². The van der Waals surface area contributed by atoms with Crippen molar-refractivity contribution in [3.63, 3.8) is 0 Å². The van der Waals surface area contributed by atoms with Crippen molar-refractivity contribution < 1.29 is 23.7 Å². The predicted octanol–water partition coefficient (Wildman–Crippen LogP) is 4.28. The van der Waals surface area contributed by atoms with Gasteiger partial charge in [-0.05, 0) is 31.0 Å². The Balaban J connectivity index is 1.71. The Morgan fingerprint density at radius 1 is 1.16 bits per heavy atom. The molecule has 0 unspecified atom stereocenters. The summed E-state index contributed by atoms with van der Waals surface area (Å²) in [5.74, 6) is 1.54. The minimum Gasteiger partial charge on any atom is -0.493 e. The monoisotopic (exact) mass is 340 g/mol. The molecule has 0 bridgehead atoms. The maximum atomic E-state index is 12.7. The molecule has 1 aromatic rings. The highest BCUT2D eigenvalue weighted by Gasteiger charge is 2.21. The number of methoxy groups -OCH3 is 2. The van der Waals surface area contributed by atoms with Gasteiger partial charge in [-0.25, -0.2) is 0 Å². The van der Waals surface area contributed by atoms with Gasteiger partial charge in [0.05, 0.1) is 14.2 Å². The van der Waals surface area contributed by atoms with Crippen LogP contribution in [0, 0.1) is 0 Å². The minimum absolute atomic E-state index is 0.150. The van der Waals surface area contributed by atoms with Gasteiger partial charge in [0.15, 0.2) is 11.5 Å². The van der Waals surface area contributed by atoms with Crippen LogP contribution in [0.25, 0.3) is 0 Å². The Bertz CT molecular complexity index is 783. The second-order valence-electron chi connectivity index (χ2n) is 5.67. The highest BCUT2D eigenvalue weighted by atomic mass is 16.5. The van der Waals surface area contributed by atoms with E-state index in [2.05, 4.69) is 12.2 Å². The molecule has 0 N–H and O–H groups in total. The summed E-state index contributed by atoms with van der Waals surface area (Å²) in [4.78, 5) is 12.7. The molecule has 130 valence electrons. The maximum absolute atomic E-state index is 12.7. The van der Waals surface area contributed by atoms with Gasteiger partial charge >= 0.3 is 0 Å². The fraction of sp³-hybridized carbons (Fsp3) is 0.250. The number of benzene rings is 1. The SMILES string of the molecule is COc1ccc(C(=O)C2=COC=C(CC3=CC=CCC3)O2)cc1OC.